The fourth-order valence-corrected chi connectivity index (χ4v) is 2.17. The quantitative estimate of drug-likeness (QED) is 0.848. The van der Waals surface area contributed by atoms with Gasteiger partial charge in [0.25, 0.3) is 5.91 Å². The summed E-state index contributed by atoms with van der Waals surface area (Å²) in [5.41, 5.74) is 2.91. The number of H-pyrrole nitrogens is 1. The van der Waals surface area contributed by atoms with Crippen LogP contribution < -0.4 is 10.2 Å². The summed E-state index contributed by atoms with van der Waals surface area (Å²) < 4.78 is 0. The van der Waals surface area contributed by atoms with E-state index in [4.69, 9.17) is 0 Å². The smallest absolute Gasteiger partial charge is 0.251 e. The number of nitrogens with one attached hydrogen (secondary N) is 2. The lowest BCUT2D eigenvalue weighted by atomic mass is 10.1. The summed E-state index contributed by atoms with van der Waals surface area (Å²) in [5, 5.41) is 2.91. The third-order valence-corrected chi connectivity index (χ3v) is 3.37. The third-order valence-electron chi connectivity index (χ3n) is 3.37. The van der Waals surface area contributed by atoms with Crippen LogP contribution in [0.3, 0.4) is 0 Å². The van der Waals surface area contributed by atoms with Crippen LogP contribution >= 0.6 is 0 Å². The maximum Gasteiger partial charge on any atom is 0.251 e. The Morgan fingerprint density at radius 3 is 2.40 bits per heavy atom. The standard InChI is InChI=1S/C16H21N3O/c1-3-19(4-2)15-7-5-14(6-8-15)16(20)18-12-13-9-10-17-11-13/h5-11,17H,3-4,12H2,1-2H3,(H,18,20). The van der Waals surface area contributed by atoms with E-state index >= 15 is 0 Å². The predicted octanol–water partition coefficient (Wildman–Crippen LogP) is 2.79. The van der Waals surface area contributed by atoms with Crippen molar-refractivity contribution in [3.63, 3.8) is 0 Å². The van der Waals surface area contributed by atoms with Gasteiger partial charge < -0.3 is 15.2 Å². The van der Waals surface area contributed by atoms with Gasteiger partial charge >= 0.3 is 0 Å². The van der Waals surface area contributed by atoms with E-state index in [9.17, 15) is 4.79 Å². The molecule has 0 atom stereocenters. The first-order valence-corrected chi connectivity index (χ1v) is 6.99. The molecule has 1 heterocycles. The lowest BCUT2D eigenvalue weighted by Crippen LogP contribution is -2.23. The summed E-state index contributed by atoms with van der Waals surface area (Å²) in [6.07, 6.45) is 3.73. The molecule has 0 saturated carbocycles. The summed E-state index contributed by atoms with van der Waals surface area (Å²) in [4.78, 5) is 17.2. The second kappa shape index (κ2) is 6.80. The van der Waals surface area contributed by atoms with Crippen LogP contribution in [-0.2, 0) is 6.54 Å². The van der Waals surface area contributed by atoms with Crippen molar-refractivity contribution in [1.82, 2.24) is 10.3 Å². The predicted molar refractivity (Wildman–Crippen MR) is 82.0 cm³/mol. The van der Waals surface area contributed by atoms with Crippen LogP contribution in [0.4, 0.5) is 5.69 Å². The Kier molecular flexibility index (Phi) is 4.82. The lowest BCUT2D eigenvalue weighted by Gasteiger charge is -2.21. The Balaban J connectivity index is 1.96. The van der Waals surface area contributed by atoms with Gasteiger partial charge in [-0.15, -0.1) is 0 Å². The first-order valence-electron chi connectivity index (χ1n) is 6.99. The van der Waals surface area contributed by atoms with Crippen molar-refractivity contribution in [3.05, 3.63) is 53.9 Å². The minimum absolute atomic E-state index is 0.0442. The Morgan fingerprint density at radius 2 is 1.85 bits per heavy atom. The number of carbonyl (C=O) groups is 1. The lowest BCUT2D eigenvalue weighted by molar-refractivity contribution is 0.0951. The molecule has 0 aliphatic carbocycles. The zero-order chi connectivity index (χ0) is 14.4. The highest BCUT2D eigenvalue weighted by Gasteiger charge is 2.07. The van der Waals surface area contributed by atoms with E-state index < -0.39 is 0 Å². The van der Waals surface area contributed by atoms with Crippen molar-refractivity contribution in [2.45, 2.75) is 20.4 Å². The molecule has 4 nitrogen and oxygen atoms in total. The van der Waals surface area contributed by atoms with E-state index in [1.54, 1.807) is 0 Å². The molecule has 2 rings (SSSR count). The maximum atomic E-state index is 12.0. The van der Waals surface area contributed by atoms with E-state index in [0.717, 1.165) is 24.3 Å². The normalized spacial score (nSPS) is 10.3. The van der Waals surface area contributed by atoms with Crippen LogP contribution in [0.25, 0.3) is 0 Å². The number of anilines is 1. The first-order chi connectivity index (χ1) is 9.74. The Bertz CT molecular complexity index is 527. The molecule has 1 aromatic carbocycles. The highest BCUT2D eigenvalue weighted by atomic mass is 16.1. The molecule has 106 valence electrons. The summed E-state index contributed by atoms with van der Waals surface area (Å²) in [7, 11) is 0. The number of amides is 1. The number of aromatic nitrogens is 1. The minimum atomic E-state index is -0.0442. The second-order valence-corrected chi connectivity index (χ2v) is 4.62. The zero-order valence-corrected chi connectivity index (χ0v) is 12.0. The third kappa shape index (κ3) is 3.41. The van der Waals surface area contributed by atoms with Crippen LogP contribution in [0, 0.1) is 0 Å². The molecule has 0 spiro atoms. The van der Waals surface area contributed by atoms with Gasteiger partial charge in [0.15, 0.2) is 0 Å². The van der Waals surface area contributed by atoms with Gasteiger partial charge in [-0.25, -0.2) is 0 Å². The number of hydrogen-bond acceptors (Lipinski definition) is 2. The van der Waals surface area contributed by atoms with E-state index in [1.165, 1.54) is 0 Å². The van der Waals surface area contributed by atoms with Gasteiger partial charge in [-0.2, -0.15) is 0 Å². The molecule has 4 heteroatoms. The monoisotopic (exact) mass is 271 g/mol. The molecule has 0 aliphatic rings. The number of aromatic amines is 1. The molecule has 2 N–H and O–H groups in total. The van der Waals surface area contributed by atoms with Crippen LogP contribution in [0.15, 0.2) is 42.7 Å². The fraction of sp³-hybridized carbons (Fsp3) is 0.312. The average Bonchev–Trinajstić information content (AvgIpc) is 3.00. The van der Waals surface area contributed by atoms with E-state index in [-0.39, 0.29) is 5.91 Å². The zero-order valence-electron chi connectivity index (χ0n) is 12.0. The van der Waals surface area contributed by atoms with E-state index in [2.05, 4.69) is 29.0 Å². The molecular weight excluding hydrogens is 250 g/mol. The molecule has 2 aromatic rings. The van der Waals surface area contributed by atoms with Gasteiger partial charge in [0.05, 0.1) is 0 Å². The largest absolute Gasteiger partial charge is 0.372 e. The highest BCUT2D eigenvalue weighted by Crippen LogP contribution is 2.14. The molecule has 0 fully saturated rings. The average molecular weight is 271 g/mol. The van der Waals surface area contributed by atoms with Crippen LogP contribution in [0.5, 0.6) is 0 Å². The second-order valence-electron chi connectivity index (χ2n) is 4.62. The molecule has 0 aliphatic heterocycles. The molecule has 1 aromatic heterocycles. The van der Waals surface area contributed by atoms with Crippen molar-refractivity contribution in [1.29, 1.82) is 0 Å². The Morgan fingerprint density at radius 1 is 1.15 bits per heavy atom. The number of carbonyl (C=O) groups excluding carboxylic acids is 1. The molecule has 0 bridgehead atoms. The van der Waals surface area contributed by atoms with Crippen LogP contribution in [-0.4, -0.2) is 24.0 Å². The topological polar surface area (TPSA) is 48.1 Å². The maximum absolute atomic E-state index is 12.0. The molecule has 0 unspecified atom stereocenters. The summed E-state index contributed by atoms with van der Waals surface area (Å²) >= 11 is 0. The molecule has 20 heavy (non-hydrogen) atoms. The number of hydrogen-bond donors (Lipinski definition) is 2. The molecule has 0 saturated heterocycles. The van der Waals surface area contributed by atoms with Gasteiger partial charge in [0.2, 0.25) is 0 Å². The van der Waals surface area contributed by atoms with E-state index in [0.29, 0.717) is 12.1 Å². The summed E-state index contributed by atoms with van der Waals surface area (Å²) in [6.45, 7) is 6.73. The fourth-order valence-electron chi connectivity index (χ4n) is 2.17. The highest BCUT2D eigenvalue weighted by molar-refractivity contribution is 5.94. The van der Waals surface area contributed by atoms with Crippen molar-refractivity contribution in [2.75, 3.05) is 18.0 Å². The molecular formula is C16H21N3O. The van der Waals surface area contributed by atoms with Crippen molar-refractivity contribution >= 4 is 11.6 Å². The van der Waals surface area contributed by atoms with Crippen LogP contribution in [0.1, 0.15) is 29.8 Å². The van der Waals surface area contributed by atoms with Crippen molar-refractivity contribution in [2.24, 2.45) is 0 Å². The van der Waals surface area contributed by atoms with Gasteiger partial charge in [0, 0.05) is 43.3 Å². The first kappa shape index (κ1) is 14.2. The van der Waals surface area contributed by atoms with Gasteiger partial charge in [0.1, 0.15) is 0 Å². The number of benzene rings is 1. The Hall–Kier alpha value is -2.23. The van der Waals surface area contributed by atoms with Gasteiger partial charge in [-0.1, -0.05) is 0 Å². The van der Waals surface area contributed by atoms with Crippen molar-refractivity contribution < 1.29 is 4.79 Å². The molecule has 1 amide bonds. The summed E-state index contributed by atoms with van der Waals surface area (Å²) in [6, 6.07) is 9.69. The van der Waals surface area contributed by atoms with Gasteiger partial charge in [-0.05, 0) is 49.7 Å². The number of nitrogens with zero attached hydrogens (tertiary/aromatic N) is 1. The molecule has 0 radical (unpaired) electrons. The number of rotatable bonds is 6. The SMILES string of the molecule is CCN(CC)c1ccc(C(=O)NCc2cc[nH]c2)cc1. The Labute approximate surface area is 119 Å². The van der Waals surface area contributed by atoms with E-state index in [1.807, 2.05) is 42.7 Å². The van der Waals surface area contributed by atoms with Crippen LogP contribution in [0.2, 0.25) is 0 Å². The van der Waals surface area contributed by atoms with Gasteiger partial charge in [-0.3, -0.25) is 4.79 Å². The van der Waals surface area contributed by atoms with Crippen molar-refractivity contribution in [3.8, 4) is 0 Å². The minimum Gasteiger partial charge on any atom is -0.372 e. The summed E-state index contributed by atoms with van der Waals surface area (Å²) in [5.74, 6) is -0.0442.